The Kier molecular flexibility index (Phi) is 6.95. The molecule has 1 N–H and O–H groups in total. The van der Waals surface area contributed by atoms with Crippen molar-refractivity contribution in [3.05, 3.63) is 45.5 Å². The number of aromatic nitrogens is 1. The molecule has 0 bridgehead atoms. The van der Waals surface area contributed by atoms with Crippen LogP contribution in [0.5, 0.6) is 11.6 Å². The van der Waals surface area contributed by atoms with E-state index in [0.717, 1.165) is 0 Å². The minimum absolute atomic E-state index is 0.0656. The number of rotatable bonds is 7. The maximum absolute atomic E-state index is 12.6. The Balaban J connectivity index is 2.17. The second kappa shape index (κ2) is 8.63. The number of sulfonamides is 1. The van der Waals surface area contributed by atoms with Gasteiger partial charge in [-0.25, -0.2) is 18.1 Å². The van der Waals surface area contributed by atoms with E-state index in [9.17, 15) is 21.6 Å². The monoisotopic (exact) mass is 488 g/mol. The minimum Gasteiger partial charge on any atom is -0.494 e. The van der Waals surface area contributed by atoms with Crippen LogP contribution >= 0.6 is 27.5 Å². The average molecular weight is 490 g/mol. The second-order valence-corrected chi connectivity index (χ2v) is 8.18. The second-order valence-electron chi connectivity index (χ2n) is 5.15. The third kappa shape index (κ3) is 6.23. The maximum Gasteiger partial charge on any atom is 0.422 e. The Morgan fingerprint density at radius 1 is 1.30 bits per heavy atom. The van der Waals surface area contributed by atoms with Crippen molar-refractivity contribution in [1.29, 1.82) is 0 Å². The molecule has 1 aromatic carbocycles. The summed E-state index contributed by atoms with van der Waals surface area (Å²) < 4.78 is 74.0. The normalized spacial score (nSPS) is 12.1. The van der Waals surface area contributed by atoms with Gasteiger partial charge in [0, 0.05) is 23.8 Å². The first-order valence-corrected chi connectivity index (χ1v) is 9.84. The number of hydrogen-bond donors (Lipinski definition) is 1. The summed E-state index contributed by atoms with van der Waals surface area (Å²) in [6.45, 7) is -1.70. The van der Waals surface area contributed by atoms with Crippen LogP contribution < -0.4 is 14.2 Å². The van der Waals surface area contributed by atoms with Crippen LogP contribution in [0, 0.1) is 0 Å². The lowest BCUT2D eigenvalue weighted by atomic mass is 10.3. The first-order chi connectivity index (χ1) is 12.5. The van der Waals surface area contributed by atoms with Gasteiger partial charge < -0.3 is 9.47 Å². The van der Waals surface area contributed by atoms with E-state index in [1.807, 2.05) is 0 Å². The molecule has 0 aliphatic carbocycles. The van der Waals surface area contributed by atoms with E-state index >= 15 is 0 Å². The van der Waals surface area contributed by atoms with E-state index in [-0.39, 0.29) is 28.1 Å². The zero-order valence-electron chi connectivity index (χ0n) is 13.7. The summed E-state index contributed by atoms with van der Waals surface area (Å²) in [4.78, 5) is 3.46. The SMILES string of the molecule is COc1c(Br)cc(Cl)cc1S(=O)(=O)NCc1ccnc(OCC(F)(F)F)c1. The first-order valence-electron chi connectivity index (χ1n) is 7.19. The van der Waals surface area contributed by atoms with Crippen molar-refractivity contribution in [3.63, 3.8) is 0 Å². The van der Waals surface area contributed by atoms with Crippen molar-refractivity contribution >= 4 is 37.6 Å². The summed E-state index contributed by atoms with van der Waals surface area (Å²) in [6.07, 6.45) is -3.29. The molecular weight excluding hydrogens is 477 g/mol. The summed E-state index contributed by atoms with van der Waals surface area (Å²) >= 11 is 9.07. The van der Waals surface area contributed by atoms with Crippen LogP contribution in [0.1, 0.15) is 5.56 Å². The zero-order valence-corrected chi connectivity index (χ0v) is 16.8. The van der Waals surface area contributed by atoms with E-state index in [1.165, 1.54) is 37.6 Å². The van der Waals surface area contributed by atoms with Crippen LogP contribution in [-0.4, -0.2) is 33.3 Å². The van der Waals surface area contributed by atoms with Gasteiger partial charge >= 0.3 is 6.18 Å². The number of pyridine rings is 1. The molecule has 0 radical (unpaired) electrons. The molecule has 1 aromatic heterocycles. The van der Waals surface area contributed by atoms with Crippen LogP contribution in [-0.2, 0) is 16.6 Å². The van der Waals surface area contributed by atoms with Gasteiger partial charge in [0.15, 0.2) is 12.4 Å². The number of methoxy groups -OCH3 is 1. The molecule has 12 heteroatoms. The van der Waals surface area contributed by atoms with E-state index in [1.54, 1.807) is 0 Å². The third-order valence-corrected chi connectivity index (χ3v) is 5.33. The van der Waals surface area contributed by atoms with E-state index in [4.69, 9.17) is 16.3 Å². The van der Waals surface area contributed by atoms with E-state index < -0.39 is 22.8 Å². The number of nitrogens with one attached hydrogen (secondary N) is 1. The molecule has 1 heterocycles. The number of alkyl halides is 3. The molecular formula is C15H13BrClF3N2O4S. The van der Waals surface area contributed by atoms with Crippen molar-refractivity contribution in [1.82, 2.24) is 9.71 Å². The highest BCUT2D eigenvalue weighted by molar-refractivity contribution is 9.10. The molecule has 6 nitrogen and oxygen atoms in total. The van der Waals surface area contributed by atoms with Crippen molar-refractivity contribution in [3.8, 4) is 11.6 Å². The molecule has 0 unspecified atom stereocenters. The van der Waals surface area contributed by atoms with Crippen LogP contribution in [0.25, 0.3) is 0 Å². The summed E-state index contributed by atoms with van der Waals surface area (Å²) in [6, 6.07) is 5.35. The van der Waals surface area contributed by atoms with Gasteiger partial charge in [-0.1, -0.05) is 11.6 Å². The summed E-state index contributed by atoms with van der Waals surface area (Å²) in [5.74, 6) is -0.206. The number of benzene rings is 1. The number of nitrogens with zero attached hydrogens (tertiary/aromatic N) is 1. The average Bonchev–Trinajstić information content (AvgIpc) is 2.57. The smallest absolute Gasteiger partial charge is 0.422 e. The number of halogens is 5. The van der Waals surface area contributed by atoms with E-state index in [0.29, 0.717) is 10.0 Å². The summed E-state index contributed by atoms with van der Waals surface area (Å²) in [5, 5.41) is 0.176. The van der Waals surface area contributed by atoms with Crippen LogP contribution in [0.15, 0.2) is 39.8 Å². The van der Waals surface area contributed by atoms with Gasteiger partial charge in [0.1, 0.15) is 4.90 Å². The molecule has 0 spiro atoms. The lowest BCUT2D eigenvalue weighted by Crippen LogP contribution is -2.24. The summed E-state index contributed by atoms with van der Waals surface area (Å²) in [5.41, 5.74) is 0.353. The molecule has 148 valence electrons. The Hall–Kier alpha value is -1.56. The van der Waals surface area contributed by atoms with E-state index in [2.05, 4.69) is 30.4 Å². The minimum atomic E-state index is -4.50. The predicted molar refractivity (Wildman–Crippen MR) is 95.5 cm³/mol. The van der Waals surface area contributed by atoms with Gasteiger partial charge in [-0.3, -0.25) is 0 Å². The largest absolute Gasteiger partial charge is 0.494 e. The van der Waals surface area contributed by atoms with Gasteiger partial charge in [-0.2, -0.15) is 13.2 Å². The molecule has 0 aliphatic rings. The fraction of sp³-hybridized carbons (Fsp3) is 0.267. The Morgan fingerprint density at radius 2 is 2.00 bits per heavy atom. The topological polar surface area (TPSA) is 77.5 Å². The van der Waals surface area contributed by atoms with Crippen molar-refractivity contribution in [2.75, 3.05) is 13.7 Å². The molecule has 2 rings (SSSR count). The van der Waals surface area contributed by atoms with Crippen LogP contribution in [0.2, 0.25) is 5.02 Å². The van der Waals surface area contributed by atoms with Crippen LogP contribution in [0.3, 0.4) is 0 Å². The Bertz CT molecular complexity index is 926. The van der Waals surface area contributed by atoms with Crippen molar-refractivity contribution < 1.29 is 31.1 Å². The highest BCUT2D eigenvalue weighted by Gasteiger charge is 2.28. The fourth-order valence-electron chi connectivity index (χ4n) is 1.99. The quantitative estimate of drug-likeness (QED) is 0.638. The molecule has 0 atom stereocenters. The molecule has 0 saturated carbocycles. The standard InChI is InChI=1S/C15H13BrClF3N2O4S/c1-25-14-11(16)5-10(17)6-12(14)27(23,24)22-7-9-2-3-21-13(4-9)26-8-15(18,19)20/h2-6,22H,7-8H2,1H3. The van der Waals surface area contributed by atoms with Gasteiger partial charge in [-0.15, -0.1) is 0 Å². The maximum atomic E-state index is 12.6. The van der Waals surface area contributed by atoms with Gasteiger partial charge in [0.05, 0.1) is 11.6 Å². The Morgan fingerprint density at radius 3 is 2.63 bits per heavy atom. The predicted octanol–water partition coefficient (Wildman–Crippen LogP) is 3.93. The lowest BCUT2D eigenvalue weighted by Gasteiger charge is -2.13. The highest BCUT2D eigenvalue weighted by atomic mass is 79.9. The van der Waals surface area contributed by atoms with Gasteiger partial charge in [0.2, 0.25) is 15.9 Å². The highest BCUT2D eigenvalue weighted by Crippen LogP contribution is 2.35. The lowest BCUT2D eigenvalue weighted by molar-refractivity contribution is -0.154. The molecule has 0 amide bonds. The van der Waals surface area contributed by atoms with Gasteiger partial charge in [-0.05, 0) is 39.7 Å². The van der Waals surface area contributed by atoms with Crippen molar-refractivity contribution in [2.45, 2.75) is 17.6 Å². The molecule has 0 fully saturated rings. The molecule has 0 aliphatic heterocycles. The van der Waals surface area contributed by atoms with Crippen molar-refractivity contribution in [2.24, 2.45) is 0 Å². The zero-order chi connectivity index (χ0) is 20.2. The third-order valence-electron chi connectivity index (χ3n) is 3.12. The fourth-order valence-corrected chi connectivity index (χ4v) is 4.39. The van der Waals surface area contributed by atoms with Gasteiger partial charge in [0.25, 0.3) is 0 Å². The summed E-state index contributed by atoms with van der Waals surface area (Å²) in [7, 11) is -2.72. The Labute approximate surface area is 166 Å². The molecule has 27 heavy (non-hydrogen) atoms. The molecule has 0 saturated heterocycles. The molecule has 2 aromatic rings. The number of ether oxygens (including phenoxy) is 2. The first kappa shape index (κ1) is 21.7. The number of hydrogen-bond acceptors (Lipinski definition) is 5. The van der Waals surface area contributed by atoms with Crippen LogP contribution in [0.4, 0.5) is 13.2 Å².